The number of nitrogens with zero attached hydrogens (tertiary/aromatic N) is 2. The fourth-order valence-corrected chi connectivity index (χ4v) is 2.32. The van der Waals surface area contributed by atoms with E-state index in [1.807, 2.05) is 30.3 Å². The largest absolute Gasteiger partial charge is 0.366 e. The van der Waals surface area contributed by atoms with Crippen LogP contribution in [-0.2, 0) is 6.54 Å². The van der Waals surface area contributed by atoms with Crippen LogP contribution < -0.4 is 16.5 Å². The first-order valence-corrected chi connectivity index (χ1v) is 6.77. The summed E-state index contributed by atoms with van der Waals surface area (Å²) in [6.07, 6.45) is 1.41. The molecule has 3 aromatic rings. The van der Waals surface area contributed by atoms with E-state index in [1.165, 1.54) is 6.33 Å². The Morgan fingerprint density at radius 2 is 2.00 bits per heavy atom. The molecule has 1 heterocycles. The molecule has 22 heavy (non-hydrogen) atoms. The lowest BCUT2D eigenvalue weighted by Crippen LogP contribution is -2.12. The van der Waals surface area contributed by atoms with E-state index in [1.54, 1.807) is 12.1 Å². The number of nitrogens with one attached hydrogen (secondary N) is 1. The average molecular weight is 288 g/mol. The zero-order valence-corrected chi connectivity index (χ0v) is 11.8. The predicted octanol–water partition coefficient (Wildman–Crippen LogP) is 1.13. The first kappa shape index (κ1) is 14.1. The average Bonchev–Trinajstić information content (AvgIpc) is 2.52. The highest BCUT2D eigenvalue weighted by atomic mass is 16.1. The van der Waals surface area contributed by atoms with Crippen molar-refractivity contribution >= 4 is 35.9 Å². The summed E-state index contributed by atoms with van der Waals surface area (Å²) in [6, 6.07) is 12.9. The number of carbonyl (C=O) groups is 1. The number of para-hydroxylation sites is 1. The van der Waals surface area contributed by atoms with Gasteiger partial charge in [-0.2, -0.15) is 0 Å². The molecule has 3 rings (SSSR count). The lowest BCUT2D eigenvalue weighted by Gasteiger charge is -2.10. The number of anilines is 1. The Labute approximate surface area is 129 Å². The van der Waals surface area contributed by atoms with Crippen LogP contribution in [0.2, 0.25) is 0 Å². The number of rotatable bonds is 4. The van der Waals surface area contributed by atoms with Gasteiger partial charge in [-0.3, -0.25) is 4.79 Å². The van der Waals surface area contributed by atoms with Crippen LogP contribution in [0.15, 0.2) is 48.8 Å². The Hall–Kier alpha value is -2.89. The van der Waals surface area contributed by atoms with E-state index in [2.05, 4.69) is 15.3 Å². The summed E-state index contributed by atoms with van der Waals surface area (Å²) in [4.78, 5) is 19.9. The molecular weight excluding hydrogens is 275 g/mol. The lowest BCUT2D eigenvalue weighted by molar-refractivity contribution is 0.100. The SMILES string of the molecule is [B]c1cccc(CNc2ncnc3c(C(N)=O)cccc23)c1. The van der Waals surface area contributed by atoms with E-state index in [0.29, 0.717) is 28.9 Å². The zero-order chi connectivity index (χ0) is 15.5. The van der Waals surface area contributed by atoms with Crippen molar-refractivity contribution in [3.05, 3.63) is 59.9 Å². The number of benzene rings is 2. The maximum Gasteiger partial charge on any atom is 0.250 e. The maximum absolute atomic E-state index is 11.5. The van der Waals surface area contributed by atoms with Gasteiger partial charge >= 0.3 is 0 Å². The highest BCUT2D eigenvalue weighted by molar-refractivity contribution is 6.32. The van der Waals surface area contributed by atoms with Crippen LogP contribution >= 0.6 is 0 Å². The molecule has 1 aromatic heterocycles. The molecule has 106 valence electrons. The monoisotopic (exact) mass is 288 g/mol. The summed E-state index contributed by atoms with van der Waals surface area (Å²) < 4.78 is 0. The molecule has 0 aliphatic rings. The summed E-state index contributed by atoms with van der Waals surface area (Å²) in [6.45, 7) is 0.567. The molecule has 5 nitrogen and oxygen atoms in total. The summed E-state index contributed by atoms with van der Waals surface area (Å²) in [5.74, 6) is 0.140. The van der Waals surface area contributed by atoms with Crippen LogP contribution in [0, 0.1) is 0 Å². The van der Waals surface area contributed by atoms with Gasteiger partial charge in [0.15, 0.2) is 0 Å². The van der Waals surface area contributed by atoms with E-state index >= 15 is 0 Å². The van der Waals surface area contributed by atoms with Crippen molar-refractivity contribution in [2.75, 3.05) is 5.32 Å². The van der Waals surface area contributed by atoms with Crippen LogP contribution in [0.4, 0.5) is 5.82 Å². The molecule has 0 spiro atoms. The number of amides is 1. The van der Waals surface area contributed by atoms with Crippen molar-refractivity contribution in [1.82, 2.24) is 9.97 Å². The second-order valence-electron chi connectivity index (χ2n) is 4.89. The molecule has 0 aliphatic heterocycles. The minimum absolute atomic E-state index is 0.381. The summed E-state index contributed by atoms with van der Waals surface area (Å²) in [5.41, 5.74) is 8.05. The van der Waals surface area contributed by atoms with Crippen molar-refractivity contribution in [1.29, 1.82) is 0 Å². The fourth-order valence-electron chi connectivity index (χ4n) is 2.32. The Kier molecular flexibility index (Phi) is 3.74. The Morgan fingerprint density at radius 3 is 2.77 bits per heavy atom. The minimum Gasteiger partial charge on any atom is -0.366 e. The van der Waals surface area contributed by atoms with Gasteiger partial charge in [-0.25, -0.2) is 9.97 Å². The number of fused-ring (bicyclic) bond motifs is 1. The Bertz CT molecular complexity index is 850. The van der Waals surface area contributed by atoms with Gasteiger partial charge in [0, 0.05) is 11.9 Å². The summed E-state index contributed by atoms with van der Waals surface area (Å²) in [7, 11) is 5.77. The lowest BCUT2D eigenvalue weighted by atomic mass is 9.94. The van der Waals surface area contributed by atoms with E-state index < -0.39 is 5.91 Å². The third-order valence-electron chi connectivity index (χ3n) is 3.34. The van der Waals surface area contributed by atoms with E-state index in [4.69, 9.17) is 13.6 Å². The highest BCUT2D eigenvalue weighted by Crippen LogP contribution is 2.22. The Morgan fingerprint density at radius 1 is 1.18 bits per heavy atom. The number of carbonyl (C=O) groups excluding carboxylic acids is 1. The third kappa shape index (κ3) is 2.76. The number of hydrogen-bond donors (Lipinski definition) is 2. The van der Waals surface area contributed by atoms with E-state index in [-0.39, 0.29) is 0 Å². The van der Waals surface area contributed by atoms with Gasteiger partial charge in [0.1, 0.15) is 20.0 Å². The summed E-state index contributed by atoms with van der Waals surface area (Å²) >= 11 is 0. The van der Waals surface area contributed by atoms with Crippen LogP contribution in [0.25, 0.3) is 10.9 Å². The van der Waals surface area contributed by atoms with Crippen molar-refractivity contribution in [3.63, 3.8) is 0 Å². The number of aromatic nitrogens is 2. The fraction of sp³-hybridized carbons (Fsp3) is 0.0625. The molecule has 0 fully saturated rings. The molecule has 2 radical (unpaired) electrons. The maximum atomic E-state index is 11.5. The van der Waals surface area contributed by atoms with Crippen molar-refractivity contribution in [3.8, 4) is 0 Å². The molecule has 0 saturated carbocycles. The van der Waals surface area contributed by atoms with Crippen molar-refractivity contribution < 1.29 is 4.79 Å². The molecular formula is C16H13BN4O. The van der Waals surface area contributed by atoms with Gasteiger partial charge in [0.05, 0.1) is 11.1 Å². The van der Waals surface area contributed by atoms with Gasteiger partial charge in [-0.1, -0.05) is 35.8 Å². The standard InChI is InChI=1S/C16H13BN4O/c17-11-4-1-3-10(7-11)8-19-16-13-6-2-5-12(15(18)22)14(13)20-9-21-16/h1-7,9H,8H2,(H2,18,22)(H,19,20,21). The first-order chi connectivity index (χ1) is 10.6. The number of nitrogens with two attached hydrogens (primary N) is 1. The van der Waals surface area contributed by atoms with Gasteiger partial charge < -0.3 is 11.1 Å². The molecule has 0 aliphatic carbocycles. The van der Waals surface area contributed by atoms with E-state index in [0.717, 1.165) is 10.9 Å². The smallest absolute Gasteiger partial charge is 0.250 e. The van der Waals surface area contributed by atoms with Crippen molar-refractivity contribution in [2.24, 2.45) is 5.73 Å². The molecule has 0 bridgehead atoms. The molecule has 0 atom stereocenters. The van der Waals surface area contributed by atoms with Crippen LogP contribution in [0.3, 0.4) is 0 Å². The normalized spacial score (nSPS) is 10.5. The Balaban J connectivity index is 1.94. The quantitative estimate of drug-likeness (QED) is 0.705. The summed E-state index contributed by atoms with van der Waals surface area (Å²) in [5, 5.41) is 3.99. The van der Waals surface area contributed by atoms with Crippen LogP contribution in [0.5, 0.6) is 0 Å². The third-order valence-corrected chi connectivity index (χ3v) is 3.34. The van der Waals surface area contributed by atoms with Crippen LogP contribution in [-0.4, -0.2) is 23.7 Å². The molecule has 0 unspecified atom stereocenters. The minimum atomic E-state index is -0.508. The molecule has 1 amide bonds. The van der Waals surface area contributed by atoms with Gasteiger partial charge in [0.25, 0.3) is 5.91 Å². The molecule has 6 heteroatoms. The van der Waals surface area contributed by atoms with Crippen molar-refractivity contribution in [2.45, 2.75) is 6.54 Å². The highest BCUT2D eigenvalue weighted by Gasteiger charge is 2.10. The zero-order valence-electron chi connectivity index (χ0n) is 11.8. The van der Waals surface area contributed by atoms with Gasteiger partial charge in [-0.15, -0.1) is 0 Å². The predicted molar refractivity (Wildman–Crippen MR) is 87.2 cm³/mol. The second kappa shape index (κ2) is 5.85. The second-order valence-corrected chi connectivity index (χ2v) is 4.89. The topological polar surface area (TPSA) is 80.9 Å². The molecule has 0 saturated heterocycles. The van der Waals surface area contributed by atoms with Gasteiger partial charge in [-0.05, 0) is 17.7 Å². The first-order valence-electron chi connectivity index (χ1n) is 6.77. The number of hydrogen-bond acceptors (Lipinski definition) is 4. The van der Waals surface area contributed by atoms with E-state index in [9.17, 15) is 4.79 Å². The van der Waals surface area contributed by atoms with Gasteiger partial charge in [0.2, 0.25) is 0 Å². The molecule has 2 aromatic carbocycles. The number of primary amides is 1. The molecule has 3 N–H and O–H groups in total. The van der Waals surface area contributed by atoms with Crippen LogP contribution in [0.1, 0.15) is 15.9 Å².